The summed E-state index contributed by atoms with van der Waals surface area (Å²) >= 11 is 0. The molecular weight excluding hydrogens is 304 g/mol. The van der Waals surface area contributed by atoms with Gasteiger partial charge < -0.3 is 8.85 Å². The van der Waals surface area contributed by atoms with E-state index in [1.54, 1.807) is 14.2 Å². The SMILES string of the molecule is CO[Si]1(OC)N(Cc2ccccc2)CCN1Cc1ccccc1. The highest BCUT2D eigenvalue weighted by Crippen LogP contribution is 2.27. The predicted molar refractivity (Wildman–Crippen MR) is 93.5 cm³/mol. The summed E-state index contributed by atoms with van der Waals surface area (Å²) in [6, 6.07) is 21.0. The first kappa shape index (κ1) is 16.4. The van der Waals surface area contributed by atoms with Crippen LogP contribution in [0.25, 0.3) is 0 Å². The van der Waals surface area contributed by atoms with E-state index in [9.17, 15) is 0 Å². The summed E-state index contributed by atoms with van der Waals surface area (Å²) in [5.74, 6) is 0. The second-order valence-electron chi connectivity index (χ2n) is 5.77. The molecule has 2 aromatic carbocycles. The highest BCUT2D eigenvalue weighted by molar-refractivity contribution is 6.62. The molecule has 3 rings (SSSR count). The van der Waals surface area contributed by atoms with Gasteiger partial charge in [-0.15, -0.1) is 0 Å². The van der Waals surface area contributed by atoms with Crippen LogP contribution < -0.4 is 0 Å². The Balaban J connectivity index is 1.79. The fourth-order valence-electron chi connectivity index (χ4n) is 3.29. The van der Waals surface area contributed by atoms with Gasteiger partial charge in [-0.05, 0) is 11.1 Å². The molecule has 0 aliphatic carbocycles. The van der Waals surface area contributed by atoms with E-state index in [-0.39, 0.29) is 0 Å². The summed E-state index contributed by atoms with van der Waals surface area (Å²) in [7, 11) is 1.01. The molecule has 4 nitrogen and oxygen atoms in total. The lowest BCUT2D eigenvalue weighted by Crippen LogP contribution is -2.62. The average molecular weight is 328 g/mol. The highest BCUT2D eigenvalue weighted by Gasteiger charge is 2.54. The first-order valence-corrected chi connectivity index (χ1v) is 9.68. The smallest absolute Gasteiger partial charge is 0.374 e. The summed E-state index contributed by atoms with van der Waals surface area (Å²) in [5, 5.41) is 0. The number of benzene rings is 2. The van der Waals surface area contributed by atoms with E-state index < -0.39 is 8.88 Å². The van der Waals surface area contributed by atoms with E-state index in [0.29, 0.717) is 0 Å². The van der Waals surface area contributed by atoms with Crippen LogP contribution in [0.15, 0.2) is 60.7 Å². The van der Waals surface area contributed by atoms with E-state index in [0.717, 1.165) is 26.2 Å². The van der Waals surface area contributed by atoms with Gasteiger partial charge in [0.1, 0.15) is 0 Å². The molecular formula is C18H24N2O2Si. The van der Waals surface area contributed by atoms with Gasteiger partial charge in [0.2, 0.25) is 0 Å². The van der Waals surface area contributed by atoms with Crippen LogP contribution in [-0.4, -0.2) is 45.3 Å². The van der Waals surface area contributed by atoms with Crippen LogP contribution in [0.3, 0.4) is 0 Å². The molecule has 1 aliphatic heterocycles. The van der Waals surface area contributed by atoms with Gasteiger partial charge in [-0.25, -0.2) is 0 Å². The number of rotatable bonds is 6. The first-order valence-electron chi connectivity index (χ1n) is 7.97. The van der Waals surface area contributed by atoms with Gasteiger partial charge >= 0.3 is 8.88 Å². The highest BCUT2D eigenvalue weighted by atomic mass is 28.4. The van der Waals surface area contributed by atoms with Crippen molar-refractivity contribution < 1.29 is 8.85 Å². The molecule has 1 fully saturated rings. The Kier molecular flexibility index (Phi) is 5.25. The third-order valence-electron chi connectivity index (χ3n) is 4.40. The van der Waals surface area contributed by atoms with E-state index in [1.165, 1.54) is 11.1 Å². The molecule has 0 aromatic heterocycles. The summed E-state index contributed by atoms with van der Waals surface area (Å²) in [4.78, 5) is 0. The minimum atomic E-state index is -2.54. The van der Waals surface area contributed by atoms with Crippen molar-refractivity contribution in [3.63, 3.8) is 0 Å². The van der Waals surface area contributed by atoms with Crippen LogP contribution in [0.2, 0.25) is 0 Å². The minimum Gasteiger partial charge on any atom is -0.374 e. The topological polar surface area (TPSA) is 24.9 Å². The van der Waals surface area contributed by atoms with Crippen LogP contribution >= 0.6 is 0 Å². The zero-order valence-electron chi connectivity index (χ0n) is 13.8. The number of nitrogens with zero attached hydrogens (tertiary/aromatic N) is 2. The van der Waals surface area contributed by atoms with Gasteiger partial charge in [-0.2, -0.15) is 0 Å². The van der Waals surface area contributed by atoms with Crippen molar-refractivity contribution in [2.45, 2.75) is 13.1 Å². The van der Waals surface area contributed by atoms with Crippen molar-refractivity contribution in [1.29, 1.82) is 0 Å². The van der Waals surface area contributed by atoms with Crippen molar-refractivity contribution in [1.82, 2.24) is 9.13 Å². The normalized spacial score (nSPS) is 18.3. The third kappa shape index (κ3) is 3.39. The van der Waals surface area contributed by atoms with Crippen molar-refractivity contribution >= 4 is 8.88 Å². The molecule has 2 aromatic rings. The zero-order valence-corrected chi connectivity index (χ0v) is 14.8. The molecule has 0 atom stereocenters. The second kappa shape index (κ2) is 7.38. The summed E-state index contributed by atoms with van der Waals surface area (Å²) in [5.41, 5.74) is 2.58. The van der Waals surface area contributed by atoms with E-state index in [4.69, 9.17) is 8.85 Å². The quantitative estimate of drug-likeness (QED) is 0.761. The van der Waals surface area contributed by atoms with Crippen molar-refractivity contribution in [2.75, 3.05) is 27.3 Å². The van der Waals surface area contributed by atoms with Crippen LogP contribution in [0.5, 0.6) is 0 Å². The van der Waals surface area contributed by atoms with Gasteiger partial charge in [0.05, 0.1) is 0 Å². The molecule has 0 saturated carbocycles. The predicted octanol–water partition coefficient (Wildman–Crippen LogP) is 2.73. The third-order valence-corrected chi connectivity index (χ3v) is 7.83. The van der Waals surface area contributed by atoms with Crippen molar-refractivity contribution in [2.24, 2.45) is 0 Å². The number of hydrogen-bond acceptors (Lipinski definition) is 4. The second-order valence-corrected chi connectivity index (χ2v) is 8.95. The Hall–Kier alpha value is -1.50. The average Bonchev–Trinajstić information content (AvgIpc) is 2.94. The molecule has 1 aliphatic rings. The van der Waals surface area contributed by atoms with E-state index in [1.807, 2.05) is 12.1 Å². The summed E-state index contributed by atoms with van der Waals surface area (Å²) < 4.78 is 16.7. The molecule has 1 heterocycles. The maximum absolute atomic E-state index is 5.99. The van der Waals surface area contributed by atoms with Gasteiger partial charge in [0, 0.05) is 40.4 Å². The van der Waals surface area contributed by atoms with Crippen LogP contribution in [0.1, 0.15) is 11.1 Å². The monoisotopic (exact) mass is 328 g/mol. The molecule has 0 N–H and O–H groups in total. The zero-order chi connectivity index (χ0) is 16.1. The minimum absolute atomic E-state index is 0.861. The Labute approximate surface area is 139 Å². The molecule has 0 amide bonds. The van der Waals surface area contributed by atoms with Gasteiger partial charge in [0.25, 0.3) is 0 Å². The van der Waals surface area contributed by atoms with Gasteiger partial charge in [0.15, 0.2) is 0 Å². The van der Waals surface area contributed by atoms with Crippen LogP contribution in [0, 0.1) is 0 Å². The largest absolute Gasteiger partial charge is 0.522 e. The standard InChI is InChI=1S/C18H24N2O2Si/c1-21-23(22-2)19(15-17-9-5-3-6-10-17)13-14-20(23)16-18-11-7-4-8-12-18/h3-12H,13-16H2,1-2H3. The molecule has 0 radical (unpaired) electrons. The van der Waals surface area contributed by atoms with Gasteiger partial charge in [-0.3, -0.25) is 9.13 Å². The maximum Gasteiger partial charge on any atom is 0.522 e. The Morgan fingerprint density at radius 1 is 0.739 bits per heavy atom. The Bertz CT molecular complexity index is 553. The van der Waals surface area contributed by atoms with Crippen LogP contribution in [-0.2, 0) is 21.9 Å². The van der Waals surface area contributed by atoms with Gasteiger partial charge in [-0.1, -0.05) is 60.7 Å². The fraction of sp³-hybridized carbons (Fsp3) is 0.333. The number of hydrogen-bond donors (Lipinski definition) is 0. The molecule has 5 heteroatoms. The molecule has 0 spiro atoms. The molecule has 0 unspecified atom stereocenters. The van der Waals surface area contributed by atoms with Crippen LogP contribution in [0.4, 0.5) is 0 Å². The Morgan fingerprint density at radius 3 is 1.48 bits per heavy atom. The lowest BCUT2D eigenvalue weighted by molar-refractivity contribution is 0.131. The first-order chi connectivity index (χ1) is 11.3. The fourth-order valence-corrected chi connectivity index (χ4v) is 6.42. The van der Waals surface area contributed by atoms with E-state index in [2.05, 4.69) is 57.7 Å². The summed E-state index contributed by atoms with van der Waals surface area (Å²) in [6.45, 7) is 3.66. The lowest BCUT2D eigenvalue weighted by Gasteiger charge is -2.36. The van der Waals surface area contributed by atoms with Crippen molar-refractivity contribution in [3.05, 3.63) is 71.8 Å². The molecule has 23 heavy (non-hydrogen) atoms. The summed E-state index contributed by atoms with van der Waals surface area (Å²) in [6.07, 6.45) is 0. The Morgan fingerprint density at radius 2 is 1.13 bits per heavy atom. The van der Waals surface area contributed by atoms with Crippen molar-refractivity contribution in [3.8, 4) is 0 Å². The maximum atomic E-state index is 5.99. The molecule has 122 valence electrons. The molecule has 0 bridgehead atoms. The molecule has 1 saturated heterocycles. The lowest BCUT2D eigenvalue weighted by atomic mass is 10.2. The van der Waals surface area contributed by atoms with E-state index >= 15 is 0 Å².